The molecule has 3 atom stereocenters. The fourth-order valence-corrected chi connectivity index (χ4v) is 3.96. The SMILES string of the molecule is C[C@@H]1CN([C@@H](C)CNCc2cn[nH]c2-c2cccs2)C[C@@H](C)O1. The van der Waals surface area contributed by atoms with E-state index in [2.05, 4.69) is 58.7 Å². The molecule has 0 bridgehead atoms. The first-order valence-electron chi connectivity index (χ1n) is 8.30. The third-order valence-electron chi connectivity index (χ3n) is 4.31. The van der Waals surface area contributed by atoms with E-state index in [0.717, 1.165) is 31.9 Å². The number of hydrogen-bond acceptors (Lipinski definition) is 5. The highest BCUT2D eigenvalue weighted by molar-refractivity contribution is 7.13. The zero-order valence-corrected chi connectivity index (χ0v) is 14.9. The molecule has 0 aliphatic carbocycles. The minimum atomic E-state index is 0.320. The highest BCUT2D eigenvalue weighted by Gasteiger charge is 2.25. The summed E-state index contributed by atoms with van der Waals surface area (Å²) < 4.78 is 5.81. The maximum atomic E-state index is 5.81. The lowest BCUT2D eigenvalue weighted by Gasteiger charge is -2.39. The molecule has 5 nitrogen and oxygen atoms in total. The molecule has 6 heteroatoms. The molecule has 126 valence electrons. The van der Waals surface area contributed by atoms with Crippen molar-refractivity contribution in [1.29, 1.82) is 0 Å². The number of H-pyrrole nitrogens is 1. The summed E-state index contributed by atoms with van der Waals surface area (Å²) in [5, 5.41) is 13.0. The number of ether oxygens (including phenoxy) is 1. The number of rotatable bonds is 6. The monoisotopic (exact) mass is 334 g/mol. The first-order valence-corrected chi connectivity index (χ1v) is 9.17. The van der Waals surface area contributed by atoms with Gasteiger partial charge >= 0.3 is 0 Å². The van der Waals surface area contributed by atoms with Gasteiger partial charge in [0.05, 0.1) is 29.0 Å². The molecule has 1 saturated heterocycles. The van der Waals surface area contributed by atoms with Crippen molar-refractivity contribution < 1.29 is 4.74 Å². The van der Waals surface area contributed by atoms with Crippen molar-refractivity contribution in [2.24, 2.45) is 0 Å². The fraction of sp³-hybridized carbons (Fsp3) is 0.588. The molecule has 0 amide bonds. The molecule has 3 rings (SSSR count). The summed E-state index contributed by atoms with van der Waals surface area (Å²) in [5.41, 5.74) is 2.36. The van der Waals surface area contributed by atoms with E-state index in [9.17, 15) is 0 Å². The van der Waals surface area contributed by atoms with Gasteiger partial charge < -0.3 is 10.1 Å². The highest BCUT2D eigenvalue weighted by atomic mass is 32.1. The second-order valence-electron chi connectivity index (χ2n) is 6.44. The minimum Gasteiger partial charge on any atom is -0.373 e. The Hall–Kier alpha value is -1.21. The van der Waals surface area contributed by atoms with Crippen LogP contribution in [-0.4, -0.2) is 53.0 Å². The van der Waals surface area contributed by atoms with Crippen LogP contribution in [0.3, 0.4) is 0 Å². The lowest BCUT2D eigenvalue weighted by Crippen LogP contribution is -2.51. The molecule has 1 aliphatic heterocycles. The lowest BCUT2D eigenvalue weighted by atomic mass is 10.1. The van der Waals surface area contributed by atoms with Gasteiger partial charge in [0.15, 0.2) is 0 Å². The Bertz CT molecular complexity index is 588. The molecule has 1 aliphatic rings. The van der Waals surface area contributed by atoms with Crippen LogP contribution >= 0.6 is 11.3 Å². The molecule has 3 heterocycles. The van der Waals surface area contributed by atoms with Crippen LogP contribution in [0.15, 0.2) is 23.7 Å². The van der Waals surface area contributed by atoms with Gasteiger partial charge in [0, 0.05) is 37.8 Å². The van der Waals surface area contributed by atoms with E-state index in [-0.39, 0.29) is 0 Å². The molecule has 0 aromatic carbocycles. The number of aromatic amines is 1. The second kappa shape index (κ2) is 7.57. The van der Waals surface area contributed by atoms with Crippen LogP contribution in [-0.2, 0) is 11.3 Å². The van der Waals surface area contributed by atoms with Gasteiger partial charge in [-0.1, -0.05) is 6.07 Å². The molecule has 2 aromatic heterocycles. The number of nitrogens with zero attached hydrogens (tertiary/aromatic N) is 2. The van der Waals surface area contributed by atoms with E-state index in [1.165, 1.54) is 10.4 Å². The van der Waals surface area contributed by atoms with Crippen molar-refractivity contribution in [2.45, 2.75) is 45.6 Å². The number of hydrogen-bond donors (Lipinski definition) is 2. The molecule has 0 spiro atoms. The zero-order chi connectivity index (χ0) is 16.2. The number of thiophene rings is 1. The third-order valence-corrected chi connectivity index (χ3v) is 5.20. The Kier molecular flexibility index (Phi) is 5.48. The Morgan fingerprint density at radius 3 is 2.91 bits per heavy atom. The molecule has 0 unspecified atom stereocenters. The molecular formula is C17H26N4OS. The second-order valence-corrected chi connectivity index (χ2v) is 7.39. The Morgan fingerprint density at radius 1 is 1.43 bits per heavy atom. The van der Waals surface area contributed by atoms with Crippen LogP contribution in [0, 0.1) is 0 Å². The zero-order valence-electron chi connectivity index (χ0n) is 14.1. The normalized spacial score (nSPS) is 24.0. The molecule has 2 N–H and O–H groups in total. The average molecular weight is 334 g/mol. The number of aromatic nitrogens is 2. The highest BCUT2D eigenvalue weighted by Crippen LogP contribution is 2.25. The first kappa shape index (κ1) is 16.6. The van der Waals surface area contributed by atoms with Crippen molar-refractivity contribution in [3.8, 4) is 10.6 Å². The van der Waals surface area contributed by atoms with Gasteiger partial charge in [0.1, 0.15) is 0 Å². The predicted octanol–water partition coefficient (Wildman–Crippen LogP) is 2.73. The largest absolute Gasteiger partial charge is 0.373 e. The van der Waals surface area contributed by atoms with E-state index < -0.39 is 0 Å². The van der Waals surface area contributed by atoms with Crippen molar-refractivity contribution in [3.63, 3.8) is 0 Å². The maximum Gasteiger partial charge on any atom is 0.0794 e. The Morgan fingerprint density at radius 2 is 2.22 bits per heavy atom. The third kappa shape index (κ3) is 4.20. The minimum absolute atomic E-state index is 0.320. The van der Waals surface area contributed by atoms with Gasteiger partial charge in [0.2, 0.25) is 0 Å². The molecular weight excluding hydrogens is 308 g/mol. The summed E-state index contributed by atoms with van der Waals surface area (Å²) in [7, 11) is 0. The number of nitrogens with one attached hydrogen (secondary N) is 2. The van der Waals surface area contributed by atoms with Gasteiger partial charge in [-0.3, -0.25) is 10.00 Å². The molecule has 1 fully saturated rings. The molecule has 23 heavy (non-hydrogen) atoms. The summed E-state index contributed by atoms with van der Waals surface area (Å²) in [5.74, 6) is 0. The Labute approximate surface area is 142 Å². The van der Waals surface area contributed by atoms with Crippen molar-refractivity contribution in [3.05, 3.63) is 29.3 Å². The topological polar surface area (TPSA) is 53.2 Å². The summed E-state index contributed by atoms with van der Waals surface area (Å²) >= 11 is 1.74. The smallest absolute Gasteiger partial charge is 0.0794 e. The van der Waals surface area contributed by atoms with Crippen LogP contribution in [0.25, 0.3) is 10.6 Å². The molecule has 2 aromatic rings. The predicted molar refractivity (Wildman–Crippen MR) is 94.7 cm³/mol. The van der Waals surface area contributed by atoms with Gasteiger partial charge in [0.25, 0.3) is 0 Å². The number of morpholine rings is 1. The average Bonchev–Trinajstić information content (AvgIpc) is 3.16. The van der Waals surface area contributed by atoms with E-state index in [4.69, 9.17) is 4.74 Å². The van der Waals surface area contributed by atoms with Crippen LogP contribution in [0.1, 0.15) is 26.3 Å². The van der Waals surface area contributed by atoms with E-state index in [0.29, 0.717) is 18.2 Å². The van der Waals surface area contributed by atoms with Crippen LogP contribution in [0.5, 0.6) is 0 Å². The van der Waals surface area contributed by atoms with E-state index >= 15 is 0 Å². The van der Waals surface area contributed by atoms with E-state index in [1.54, 1.807) is 11.3 Å². The molecule has 0 radical (unpaired) electrons. The quantitative estimate of drug-likeness (QED) is 0.853. The Balaban J connectivity index is 1.51. The standard InChI is InChI=1S/C17H26N4OS/c1-12(21-10-13(2)22-14(3)11-21)7-18-8-15-9-19-20-17(15)16-5-4-6-23-16/h4-6,9,12-14,18H,7-8,10-11H2,1-3H3,(H,19,20)/t12-,13+,14+/m0/s1. The summed E-state index contributed by atoms with van der Waals surface area (Å²) in [6.07, 6.45) is 2.56. The van der Waals surface area contributed by atoms with Gasteiger partial charge in [-0.05, 0) is 32.2 Å². The maximum absolute atomic E-state index is 5.81. The van der Waals surface area contributed by atoms with Gasteiger partial charge in [-0.25, -0.2) is 0 Å². The summed E-state index contributed by atoms with van der Waals surface area (Å²) in [6, 6.07) is 4.70. The first-order chi connectivity index (χ1) is 11.1. The lowest BCUT2D eigenvalue weighted by molar-refractivity contribution is -0.0781. The molecule has 0 saturated carbocycles. The van der Waals surface area contributed by atoms with E-state index in [1.807, 2.05) is 6.20 Å². The van der Waals surface area contributed by atoms with Gasteiger partial charge in [-0.2, -0.15) is 5.10 Å². The fourth-order valence-electron chi connectivity index (χ4n) is 3.20. The van der Waals surface area contributed by atoms with Crippen molar-refractivity contribution in [1.82, 2.24) is 20.4 Å². The van der Waals surface area contributed by atoms with Crippen LogP contribution in [0.4, 0.5) is 0 Å². The van der Waals surface area contributed by atoms with Crippen LogP contribution < -0.4 is 5.32 Å². The summed E-state index contributed by atoms with van der Waals surface area (Å²) in [4.78, 5) is 3.75. The summed E-state index contributed by atoms with van der Waals surface area (Å²) in [6.45, 7) is 10.4. The van der Waals surface area contributed by atoms with Crippen molar-refractivity contribution >= 4 is 11.3 Å². The van der Waals surface area contributed by atoms with Crippen LogP contribution in [0.2, 0.25) is 0 Å². The van der Waals surface area contributed by atoms with Gasteiger partial charge in [-0.15, -0.1) is 11.3 Å². The van der Waals surface area contributed by atoms with Crippen molar-refractivity contribution in [2.75, 3.05) is 19.6 Å².